The zero-order chi connectivity index (χ0) is 38.4. The van der Waals surface area contributed by atoms with Gasteiger partial charge in [0, 0.05) is 81.0 Å². The van der Waals surface area contributed by atoms with Gasteiger partial charge in [-0.3, -0.25) is 19.2 Å². The molecule has 6 rings (SSSR count). The number of nitrogens with one attached hydrogen (secondary N) is 1. The van der Waals surface area contributed by atoms with Crippen molar-refractivity contribution in [3.05, 3.63) is 92.9 Å². The van der Waals surface area contributed by atoms with Gasteiger partial charge < -0.3 is 34.5 Å². The first-order valence-corrected chi connectivity index (χ1v) is 18.9. The minimum absolute atomic E-state index is 0.00546. The van der Waals surface area contributed by atoms with E-state index in [1.165, 1.54) is 13.2 Å². The number of cyclic esters (lactones) is 1. The number of phenolic OH excluding ortho intramolecular Hbond substituents is 2. The summed E-state index contributed by atoms with van der Waals surface area (Å²) in [5.41, 5.74) is 1.64. The Balaban J connectivity index is 1.21. The number of amides is 2. The van der Waals surface area contributed by atoms with Crippen LogP contribution in [0.15, 0.2) is 59.4 Å². The highest BCUT2D eigenvalue weighted by Gasteiger charge is 2.36. The van der Waals surface area contributed by atoms with E-state index in [0.29, 0.717) is 69.5 Å². The number of aromatic hydroxyl groups is 2. The van der Waals surface area contributed by atoms with Crippen LogP contribution >= 0.6 is 0 Å². The summed E-state index contributed by atoms with van der Waals surface area (Å²) in [7, 11) is 1.53. The standard InChI is InChI=1S/C42H49N3O9/c1-26-8-6-11-31(46)10-5-3-4-9-29-21-35(47)40(41(51)39(29)42(52)54-26)33(28-14-16-32(53-2)17-15-28)22-36(48)43-19-18-37(49)44-23-27-20-30(25-44)34-12-7-13-38(50)45(34)24-27/h4,7,9,12-17,21,26-27,30,33,47,51H,3,5-6,8,10-11,18-20,22-25H2,1-2H3,(H,43,48)/t26-,27?,30?,33?/m0/s1. The van der Waals surface area contributed by atoms with E-state index in [4.69, 9.17) is 9.47 Å². The molecular weight excluding hydrogens is 690 g/mol. The lowest BCUT2D eigenvalue weighted by Crippen LogP contribution is -2.49. The summed E-state index contributed by atoms with van der Waals surface area (Å²) in [5.74, 6) is -1.98. The summed E-state index contributed by atoms with van der Waals surface area (Å²) in [6.07, 6.45) is 6.77. The lowest BCUT2D eigenvalue weighted by Gasteiger charge is -2.42. The van der Waals surface area contributed by atoms with Crippen LogP contribution in [0.5, 0.6) is 17.2 Å². The monoisotopic (exact) mass is 739 g/mol. The molecule has 0 spiro atoms. The van der Waals surface area contributed by atoms with E-state index in [0.717, 1.165) is 12.1 Å². The molecule has 54 heavy (non-hydrogen) atoms. The molecule has 0 aliphatic carbocycles. The number of methoxy groups -OCH3 is 1. The number of benzene rings is 2. The van der Waals surface area contributed by atoms with Gasteiger partial charge in [-0.25, -0.2) is 4.79 Å². The summed E-state index contributed by atoms with van der Waals surface area (Å²) < 4.78 is 12.9. The fourth-order valence-electron chi connectivity index (χ4n) is 8.07. The Bertz CT molecular complexity index is 1970. The highest BCUT2D eigenvalue weighted by molar-refractivity contribution is 5.98. The number of piperidine rings is 1. The van der Waals surface area contributed by atoms with Crippen molar-refractivity contribution in [1.82, 2.24) is 14.8 Å². The van der Waals surface area contributed by atoms with Crippen molar-refractivity contribution < 1.29 is 38.9 Å². The van der Waals surface area contributed by atoms with Crippen molar-refractivity contribution in [2.75, 3.05) is 26.7 Å². The highest BCUT2D eigenvalue weighted by atomic mass is 16.5. The smallest absolute Gasteiger partial charge is 0.342 e. The molecule has 3 N–H and O–H groups in total. The van der Waals surface area contributed by atoms with Crippen LogP contribution in [-0.2, 0) is 25.7 Å². The summed E-state index contributed by atoms with van der Waals surface area (Å²) in [5, 5.41) is 26.1. The molecule has 2 aromatic carbocycles. The van der Waals surface area contributed by atoms with Crippen LogP contribution in [0.1, 0.15) is 109 Å². The van der Waals surface area contributed by atoms with Crippen molar-refractivity contribution in [3.63, 3.8) is 0 Å². The third-order valence-electron chi connectivity index (χ3n) is 10.8. The SMILES string of the molecule is COc1ccc(C(CC(=O)NCCC(=O)N2CC3CC(C2)c2cccc(=O)n2C3)c2c(O)cc3c(c2O)C(=O)O[C@@H](C)CCCC(=O)CCCC=C3)cc1. The molecule has 1 saturated heterocycles. The van der Waals surface area contributed by atoms with Crippen LogP contribution < -0.4 is 15.6 Å². The number of aromatic nitrogens is 1. The molecule has 1 fully saturated rings. The maximum absolute atomic E-state index is 13.7. The van der Waals surface area contributed by atoms with Gasteiger partial charge in [-0.1, -0.05) is 30.4 Å². The second kappa shape index (κ2) is 17.2. The van der Waals surface area contributed by atoms with E-state index < -0.39 is 29.6 Å². The Morgan fingerprint density at radius 1 is 1.02 bits per heavy atom. The third-order valence-corrected chi connectivity index (χ3v) is 10.8. The van der Waals surface area contributed by atoms with Gasteiger partial charge in [0.15, 0.2) is 0 Å². The van der Waals surface area contributed by atoms with Crippen LogP contribution in [0.25, 0.3) is 6.08 Å². The number of nitrogens with zero attached hydrogens (tertiary/aromatic N) is 2. The summed E-state index contributed by atoms with van der Waals surface area (Å²) in [6.45, 7) is 3.46. The molecule has 286 valence electrons. The molecule has 12 nitrogen and oxygen atoms in total. The summed E-state index contributed by atoms with van der Waals surface area (Å²) >= 11 is 0. The van der Waals surface area contributed by atoms with Crippen molar-refractivity contribution in [3.8, 4) is 17.2 Å². The number of hydrogen-bond donors (Lipinski definition) is 3. The number of likely N-dealkylation sites (tertiary alicyclic amines) is 1. The topological polar surface area (TPSA) is 164 Å². The number of carbonyl (C=O) groups excluding carboxylic acids is 4. The van der Waals surface area contributed by atoms with Crippen molar-refractivity contribution in [2.45, 2.75) is 89.2 Å². The first kappa shape index (κ1) is 38.3. The molecule has 1 aromatic heterocycles. The van der Waals surface area contributed by atoms with Crippen LogP contribution in [0.3, 0.4) is 0 Å². The lowest BCUT2D eigenvalue weighted by molar-refractivity contribution is -0.134. The number of pyridine rings is 1. The molecule has 3 aliphatic heterocycles. The highest BCUT2D eigenvalue weighted by Crippen LogP contribution is 2.44. The number of fused-ring (bicyclic) bond motifs is 5. The zero-order valence-corrected chi connectivity index (χ0v) is 30.9. The van der Waals surface area contributed by atoms with Crippen molar-refractivity contribution in [2.24, 2.45) is 5.92 Å². The summed E-state index contributed by atoms with van der Waals surface area (Å²) in [6, 6.07) is 13.5. The van der Waals surface area contributed by atoms with Gasteiger partial charge in [-0.15, -0.1) is 0 Å². The number of allylic oxidation sites excluding steroid dienone is 1. The molecule has 4 atom stereocenters. The van der Waals surface area contributed by atoms with E-state index in [1.54, 1.807) is 55.5 Å². The van der Waals surface area contributed by atoms with E-state index in [-0.39, 0.29) is 70.9 Å². The first-order valence-electron chi connectivity index (χ1n) is 18.9. The number of ether oxygens (including phenoxy) is 2. The zero-order valence-electron chi connectivity index (χ0n) is 30.9. The minimum Gasteiger partial charge on any atom is -0.507 e. The van der Waals surface area contributed by atoms with Gasteiger partial charge in [0.1, 0.15) is 28.6 Å². The van der Waals surface area contributed by atoms with Gasteiger partial charge >= 0.3 is 5.97 Å². The third kappa shape index (κ3) is 8.86. The Hall–Kier alpha value is -5.39. The fourth-order valence-corrected chi connectivity index (χ4v) is 8.07. The average molecular weight is 740 g/mol. The number of rotatable bonds is 8. The molecular formula is C42H49N3O9. The molecule has 2 bridgehead atoms. The summed E-state index contributed by atoms with van der Waals surface area (Å²) in [4.78, 5) is 67.0. The first-order chi connectivity index (χ1) is 26.0. The molecule has 3 aliphatic rings. The molecule has 2 amide bonds. The van der Waals surface area contributed by atoms with Crippen molar-refractivity contribution in [1.29, 1.82) is 0 Å². The van der Waals surface area contributed by atoms with E-state index in [2.05, 4.69) is 5.32 Å². The molecule has 3 aromatic rings. The van der Waals surface area contributed by atoms with Crippen molar-refractivity contribution >= 4 is 29.6 Å². The van der Waals surface area contributed by atoms with Gasteiger partial charge in [0.05, 0.1) is 13.2 Å². The average Bonchev–Trinajstić information content (AvgIpc) is 3.14. The van der Waals surface area contributed by atoms with Gasteiger partial charge in [0.25, 0.3) is 5.56 Å². The molecule has 4 heterocycles. The van der Waals surface area contributed by atoms with Gasteiger partial charge in [0.2, 0.25) is 11.8 Å². The van der Waals surface area contributed by atoms with Gasteiger partial charge in [-0.2, -0.15) is 0 Å². The Labute approximate surface area is 314 Å². The number of phenols is 2. The lowest BCUT2D eigenvalue weighted by atomic mass is 9.83. The largest absolute Gasteiger partial charge is 0.507 e. The van der Waals surface area contributed by atoms with E-state index in [1.807, 2.05) is 15.5 Å². The number of hydrogen-bond acceptors (Lipinski definition) is 9. The Kier molecular flexibility index (Phi) is 12.2. The van der Waals surface area contributed by atoms with E-state index >= 15 is 0 Å². The normalized spacial score (nSPS) is 20.9. The second-order valence-corrected chi connectivity index (χ2v) is 14.7. The Morgan fingerprint density at radius 3 is 2.57 bits per heavy atom. The fraction of sp³-hybridized carbons (Fsp3) is 0.452. The van der Waals surface area contributed by atoms with Crippen LogP contribution in [0.2, 0.25) is 0 Å². The maximum atomic E-state index is 13.7. The molecule has 0 radical (unpaired) electrons. The Morgan fingerprint density at radius 2 is 1.80 bits per heavy atom. The minimum atomic E-state index is -0.893. The number of Topliss-reactive ketones (excluding diaryl/α,β-unsaturated/α-hetero) is 1. The van der Waals surface area contributed by atoms with Crippen LogP contribution in [-0.4, -0.2) is 76.1 Å². The number of esters is 1. The molecule has 12 heteroatoms. The van der Waals surface area contributed by atoms with Crippen LogP contribution in [0, 0.1) is 5.92 Å². The predicted octanol–water partition coefficient (Wildman–Crippen LogP) is 5.42. The van der Waals surface area contributed by atoms with Gasteiger partial charge in [-0.05, 0) is 80.3 Å². The van der Waals surface area contributed by atoms with Crippen LogP contribution in [0.4, 0.5) is 0 Å². The van der Waals surface area contributed by atoms with E-state index in [9.17, 15) is 34.2 Å². The maximum Gasteiger partial charge on any atom is 0.342 e. The number of carbonyl (C=O) groups is 4. The molecule has 0 saturated carbocycles. The molecule has 3 unspecified atom stereocenters. The number of ketones is 1. The quantitative estimate of drug-likeness (QED) is 0.256. The second-order valence-electron chi connectivity index (χ2n) is 14.7. The predicted molar refractivity (Wildman–Crippen MR) is 202 cm³/mol.